The van der Waals surface area contributed by atoms with Crippen molar-refractivity contribution < 1.29 is 15.0 Å². The normalized spacial score (nSPS) is 13.2. The van der Waals surface area contributed by atoms with Crippen LogP contribution >= 0.6 is 0 Å². The molecule has 0 amide bonds. The molecule has 0 radical (unpaired) electrons. The zero-order valence-electron chi connectivity index (χ0n) is 7.94. The molecule has 0 aliphatic heterocycles. The zero-order valence-corrected chi connectivity index (χ0v) is 7.94. The van der Waals surface area contributed by atoms with Gasteiger partial charge in [0, 0.05) is 19.7 Å². The van der Waals surface area contributed by atoms with Crippen molar-refractivity contribution in [1.29, 1.82) is 0 Å². The summed E-state index contributed by atoms with van der Waals surface area (Å²) in [6.45, 7) is 2.99. The van der Waals surface area contributed by atoms with Crippen LogP contribution in [0.1, 0.15) is 19.8 Å². The van der Waals surface area contributed by atoms with E-state index in [4.69, 9.17) is 15.9 Å². The van der Waals surface area contributed by atoms with Crippen LogP contribution in [0.2, 0.25) is 0 Å². The third-order valence-electron chi connectivity index (χ3n) is 1.79. The first-order chi connectivity index (χ1) is 6.07. The van der Waals surface area contributed by atoms with Crippen LogP contribution < -0.4 is 5.73 Å². The van der Waals surface area contributed by atoms with Gasteiger partial charge in [-0.2, -0.15) is 0 Å². The van der Waals surface area contributed by atoms with Crippen LogP contribution in [-0.2, 0) is 4.79 Å². The van der Waals surface area contributed by atoms with E-state index in [1.54, 1.807) is 6.92 Å². The Balaban J connectivity index is 3.73. The van der Waals surface area contributed by atoms with Crippen LogP contribution in [0.4, 0.5) is 0 Å². The van der Waals surface area contributed by atoms with E-state index in [1.165, 1.54) is 0 Å². The van der Waals surface area contributed by atoms with Crippen LogP contribution in [0.3, 0.4) is 0 Å². The molecule has 0 aromatic heterocycles. The van der Waals surface area contributed by atoms with Crippen molar-refractivity contribution in [2.24, 2.45) is 5.73 Å². The van der Waals surface area contributed by atoms with E-state index in [1.807, 2.05) is 4.90 Å². The number of aliphatic carboxylic acids is 1. The average molecular weight is 190 g/mol. The third-order valence-corrected chi connectivity index (χ3v) is 1.79. The van der Waals surface area contributed by atoms with E-state index >= 15 is 0 Å². The van der Waals surface area contributed by atoms with E-state index in [0.717, 1.165) is 0 Å². The Labute approximate surface area is 78.1 Å². The van der Waals surface area contributed by atoms with Crippen LogP contribution in [-0.4, -0.2) is 46.9 Å². The van der Waals surface area contributed by atoms with Crippen molar-refractivity contribution in [1.82, 2.24) is 4.90 Å². The summed E-state index contributed by atoms with van der Waals surface area (Å²) in [5.41, 5.74) is 5.62. The zero-order chi connectivity index (χ0) is 10.3. The number of aliphatic hydroxyl groups is 1. The van der Waals surface area contributed by atoms with Gasteiger partial charge in [-0.05, 0) is 13.3 Å². The van der Waals surface area contributed by atoms with Crippen molar-refractivity contribution in [2.45, 2.75) is 25.9 Å². The molecule has 5 nitrogen and oxygen atoms in total. The van der Waals surface area contributed by atoms with Crippen molar-refractivity contribution in [3.05, 3.63) is 0 Å². The van der Waals surface area contributed by atoms with Gasteiger partial charge in [-0.3, -0.25) is 9.69 Å². The second kappa shape index (κ2) is 6.82. The third kappa shape index (κ3) is 6.51. The highest BCUT2D eigenvalue weighted by atomic mass is 16.4. The van der Waals surface area contributed by atoms with Gasteiger partial charge in [0.05, 0.1) is 12.6 Å². The largest absolute Gasteiger partial charge is 0.481 e. The van der Waals surface area contributed by atoms with E-state index in [-0.39, 0.29) is 19.2 Å². The molecule has 5 heteroatoms. The number of hydrogen-bond acceptors (Lipinski definition) is 4. The van der Waals surface area contributed by atoms with Crippen molar-refractivity contribution in [3.63, 3.8) is 0 Å². The Hall–Kier alpha value is -0.650. The molecule has 0 saturated carbocycles. The highest BCUT2D eigenvalue weighted by molar-refractivity contribution is 5.66. The summed E-state index contributed by atoms with van der Waals surface area (Å²) in [6.07, 6.45) is 0.555. The van der Waals surface area contributed by atoms with Crippen LogP contribution in [0.5, 0.6) is 0 Å². The van der Waals surface area contributed by atoms with Gasteiger partial charge >= 0.3 is 5.97 Å². The fourth-order valence-corrected chi connectivity index (χ4v) is 1.03. The molecule has 0 aromatic rings. The highest BCUT2D eigenvalue weighted by Crippen LogP contribution is 1.97. The maximum absolute atomic E-state index is 10.3. The van der Waals surface area contributed by atoms with Gasteiger partial charge in [0.25, 0.3) is 0 Å². The van der Waals surface area contributed by atoms with Gasteiger partial charge in [0.15, 0.2) is 0 Å². The Morgan fingerprint density at radius 2 is 2.15 bits per heavy atom. The second-order valence-corrected chi connectivity index (χ2v) is 3.00. The molecule has 1 atom stereocenters. The van der Waals surface area contributed by atoms with Crippen LogP contribution in [0, 0.1) is 0 Å². The molecule has 0 bridgehead atoms. The molecular formula is C8H18N2O3. The summed E-state index contributed by atoms with van der Waals surface area (Å²) in [4.78, 5) is 12.1. The number of aliphatic hydroxyl groups excluding tert-OH is 1. The molecule has 0 fully saturated rings. The predicted molar refractivity (Wildman–Crippen MR) is 49.2 cm³/mol. The number of nitrogens with zero attached hydrogens (tertiary/aromatic N) is 1. The highest BCUT2D eigenvalue weighted by Gasteiger charge is 2.10. The molecule has 0 rings (SSSR count). The lowest BCUT2D eigenvalue weighted by Crippen LogP contribution is -2.41. The minimum Gasteiger partial charge on any atom is -0.481 e. The topological polar surface area (TPSA) is 86.8 Å². The van der Waals surface area contributed by atoms with E-state index in [9.17, 15) is 4.79 Å². The minimum absolute atomic E-state index is 0.0902. The van der Waals surface area contributed by atoms with Gasteiger partial charge in [-0.15, -0.1) is 0 Å². The molecule has 1 unspecified atom stereocenters. The lowest BCUT2D eigenvalue weighted by Gasteiger charge is -2.24. The van der Waals surface area contributed by atoms with Gasteiger partial charge in [0.2, 0.25) is 0 Å². The van der Waals surface area contributed by atoms with Crippen molar-refractivity contribution >= 4 is 5.97 Å². The van der Waals surface area contributed by atoms with Gasteiger partial charge in [-0.1, -0.05) is 0 Å². The Bertz CT molecular complexity index is 150. The van der Waals surface area contributed by atoms with Gasteiger partial charge < -0.3 is 15.9 Å². The number of carbonyl (C=O) groups is 1. The standard InChI is InChI=1S/C8H18N2O3/c1-7(9)10(4-2-6-11)5-3-8(12)13/h7,11H,2-6,9H2,1H3,(H,12,13). The maximum Gasteiger partial charge on any atom is 0.304 e. The van der Waals surface area contributed by atoms with E-state index < -0.39 is 5.97 Å². The smallest absolute Gasteiger partial charge is 0.304 e. The fraction of sp³-hybridized carbons (Fsp3) is 0.875. The molecule has 4 N–H and O–H groups in total. The summed E-state index contributed by atoms with van der Waals surface area (Å²) in [5, 5.41) is 17.0. The summed E-state index contributed by atoms with van der Waals surface area (Å²) in [7, 11) is 0. The molecular weight excluding hydrogens is 172 g/mol. The maximum atomic E-state index is 10.3. The first-order valence-electron chi connectivity index (χ1n) is 4.40. The first kappa shape index (κ1) is 12.3. The lowest BCUT2D eigenvalue weighted by molar-refractivity contribution is -0.137. The molecule has 0 aliphatic rings. The Kier molecular flexibility index (Phi) is 6.48. The second-order valence-electron chi connectivity index (χ2n) is 3.00. The summed E-state index contributed by atoms with van der Waals surface area (Å²) >= 11 is 0. The molecule has 0 saturated heterocycles. The monoisotopic (exact) mass is 190 g/mol. The lowest BCUT2D eigenvalue weighted by atomic mass is 10.3. The van der Waals surface area contributed by atoms with Crippen molar-refractivity contribution in [2.75, 3.05) is 19.7 Å². The van der Waals surface area contributed by atoms with Crippen LogP contribution in [0.15, 0.2) is 0 Å². The molecule has 0 heterocycles. The number of nitrogens with two attached hydrogens (primary N) is 1. The molecule has 78 valence electrons. The summed E-state index contributed by atoms with van der Waals surface area (Å²) < 4.78 is 0. The molecule has 0 aliphatic carbocycles. The number of carboxylic acid groups (broad SMARTS) is 1. The molecule has 0 spiro atoms. The van der Waals surface area contributed by atoms with E-state index in [0.29, 0.717) is 19.5 Å². The predicted octanol–water partition coefficient (Wildman–Crippen LogP) is -0.550. The minimum atomic E-state index is -0.824. The summed E-state index contributed by atoms with van der Waals surface area (Å²) in [5.74, 6) is -0.824. The Morgan fingerprint density at radius 1 is 1.54 bits per heavy atom. The van der Waals surface area contributed by atoms with Gasteiger partial charge in [-0.25, -0.2) is 0 Å². The molecule has 0 aromatic carbocycles. The van der Waals surface area contributed by atoms with Crippen LogP contribution in [0.25, 0.3) is 0 Å². The fourth-order valence-electron chi connectivity index (χ4n) is 1.03. The molecule has 13 heavy (non-hydrogen) atoms. The average Bonchev–Trinajstić information content (AvgIpc) is 2.03. The number of rotatable bonds is 7. The van der Waals surface area contributed by atoms with Gasteiger partial charge in [0.1, 0.15) is 0 Å². The first-order valence-corrected chi connectivity index (χ1v) is 4.40. The number of hydrogen-bond donors (Lipinski definition) is 3. The number of carboxylic acids is 1. The SMILES string of the molecule is CC(N)N(CCCO)CCC(=O)O. The summed E-state index contributed by atoms with van der Waals surface area (Å²) in [6, 6.07) is 0. The van der Waals surface area contributed by atoms with E-state index in [2.05, 4.69) is 0 Å². The van der Waals surface area contributed by atoms with Crippen molar-refractivity contribution in [3.8, 4) is 0 Å². The quantitative estimate of drug-likeness (QED) is 0.469. The Morgan fingerprint density at radius 3 is 2.54 bits per heavy atom.